The van der Waals surface area contributed by atoms with Crippen molar-refractivity contribution in [2.24, 2.45) is 5.92 Å². The third-order valence-electron chi connectivity index (χ3n) is 4.08. The van der Waals surface area contributed by atoms with Crippen LogP contribution in [0, 0.1) is 5.92 Å². The van der Waals surface area contributed by atoms with Gasteiger partial charge in [0.15, 0.2) is 0 Å². The van der Waals surface area contributed by atoms with E-state index < -0.39 is 0 Å². The van der Waals surface area contributed by atoms with Crippen molar-refractivity contribution >= 4 is 5.97 Å². The Morgan fingerprint density at radius 3 is 2.93 bits per heavy atom. The standard InChI is InChI=1S/C12H21NO2/c1-4-15-11(14)9-8-12(2,3)13-7-5-6-10(9)13/h9-10H,4-8H2,1-3H3/p+1/t9-,10+/m0/s1. The van der Waals surface area contributed by atoms with Crippen LogP contribution in [0.3, 0.4) is 0 Å². The van der Waals surface area contributed by atoms with Crippen molar-refractivity contribution in [1.82, 2.24) is 0 Å². The molecule has 2 aliphatic rings. The molecule has 15 heavy (non-hydrogen) atoms. The summed E-state index contributed by atoms with van der Waals surface area (Å²) < 4.78 is 5.18. The molecule has 2 rings (SSSR count). The van der Waals surface area contributed by atoms with Crippen LogP contribution in [0.1, 0.15) is 40.0 Å². The zero-order valence-electron chi connectivity index (χ0n) is 10.0. The molecule has 0 saturated carbocycles. The summed E-state index contributed by atoms with van der Waals surface area (Å²) in [6, 6.07) is 0.527. The summed E-state index contributed by atoms with van der Waals surface area (Å²) in [4.78, 5) is 13.5. The highest BCUT2D eigenvalue weighted by atomic mass is 16.5. The van der Waals surface area contributed by atoms with E-state index in [-0.39, 0.29) is 17.4 Å². The summed E-state index contributed by atoms with van der Waals surface area (Å²) in [6.45, 7) is 8.18. The van der Waals surface area contributed by atoms with E-state index in [2.05, 4.69) is 13.8 Å². The van der Waals surface area contributed by atoms with E-state index in [9.17, 15) is 4.79 Å². The lowest BCUT2D eigenvalue weighted by molar-refractivity contribution is -0.946. The molecule has 86 valence electrons. The zero-order valence-corrected chi connectivity index (χ0v) is 10.0. The molecule has 1 N–H and O–H groups in total. The van der Waals surface area contributed by atoms with Gasteiger partial charge in [0.05, 0.1) is 18.7 Å². The van der Waals surface area contributed by atoms with Gasteiger partial charge in [-0.15, -0.1) is 0 Å². The van der Waals surface area contributed by atoms with E-state index in [4.69, 9.17) is 4.74 Å². The number of fused-ring (bicyclic) bond motifs is 1. The molecule has 3 heteroatoms. The minimum absolute atomic E-state index is 0.0347. The third-order valence-corrected chi connectivity index (χ3v) is 4.08. The average Bonchev–Trinajstić information content (AvgIpc) is 2.70. The molecule has 3 atom stereocenters. The lowest BCUT2D eigenvalue weighted by Gasteiger charge is -2.27. The van der Waals surface area contributed by atoms with E-state index in [0.29, 0.717) is 12.6 Å². The minimum Gasteiger partial charge on any atom is -0.466 e. The van der Waals surface area contributed by atoms with Crippen molar-refractivity contribution in [2.45, 2.75) is 51.6 Å². The molecule has 0 spiro atoms. The Hall–Kier alpha value is -0.570. The van der Waals surface area contributed by atoms with Gasteiger partial charge in [-0.1, -0.05) is 0 Å². The second kappa shape index (κ2) is 3.78. The molecule has 0 aromatic carbocycles. The molecule has 0 amide bonds. The molecule has 2 heterocycles. The normalized spacial score (nSPS) is 37.7. The second-order valence-corrected chi connectivity index (χ2v) is 5.47. The molecule has 0 aromatic rings. The molecule has 0 aliphatic carbocycles. The monoisotopic (exact) mass is 212 g/mol. The topological polar surface area (TPSA) is 30.7 Å². The van der Waals surface area contributed by atoms with Crippen molar-refractivity contribution in [1.29, 1.82) is 0 Å². The summed E-state index contributed by atoms with van der Waals surface area (Å²) in [6.07, 6.45) is 3.45. The van der Waals surface area contributed by atoms with Gasteiger partial charge in [-0.05, 0) is 20.8 Å². The molecule has 0 radical (unpaired) electrons. The van der Waals surface area contributed by atoms with E-state index in [0.717, 1.165) is 6.42 Å². The Labute approximate surface area is 91.8 Å². The maximum Gasteiger partial charge on any atom is 0.315 e. The lowest BCUT2D eigenvalue weighted by Crippen LogP contribution is -3.18. The van der Waals surface area contributed by atoms with E-state index in [1.165, 1.54) is 19.4 Å². The zero-order chi connectivity index (χ0) is 11.1. The number of esters is 1. The van der Waals surface area contributed by atoms with Crippen LogP contribution in [0.2, 0.25) is 0 Å². The van der Waals surface area contributed by atoms with Gasteiger partial charge in [-0.25, -0.2) is 0 Å². The highest BCUT2D eigenvalue weighted by Crippen LogP contribution is 2.29. The van der Waals surface area contributed by atoms with Crippen LogP contribution in [-0.2, 0) is 9.53 Å². The van der Waals surface area contributed by atoms with Crippen LogP contribution in [0.4, 0.5) is 0 Å². The highest BCUT2D eigenvalue weighted by molar-refractivity contribution is 5.73. The third kappa shape index (κ3) is 1.78. The molecule has 0 bridgehead atoms. The quantitative estimate of drug-likeness (QED) is 0.672. The van der Waals surface area contributed by atoms with Gasteiger partial charge in [0.2, 0.25) is 0 Å². The highest BCUT2D eigenvalue weighted by Gasteiger charge is 2.55. The maximum absolute atomic E-state index is 11.8. The van der Waals surface area contributed by atoms with Crippen LogP contribution in [0.25, 0.3) is 0 Å². The second-order valence-electron chi connectivity index (χ2n) is 5.47. The number of nitrogens with one attached hydrogen (secondary N) is 1. The van der Waals surface area contributed by atoms with Crippen molar-refractivity contribution < 1.29 is 14.4 Å². The van der Waals surface area contributed by atoms with Crippen LogP contribution < -0.4 is 4.90 Å². The summed E-state index contributed by atoms with van der Waals surface area (Å²) >= 11 is 0. The number of hydrogen-bond acceptors (Lipinski definition) is 2. The Kier molecular flexibility index (Phi) is 2.75. The fourth-order valence-electron chi connectivity index (χ4n) is 3.48. The van der Waals surface area contributed by atoms with Gasteiger partial charge in [0.1, 0.15) is 12.0 Å². The molecule has 2 aliphatic heterocycles. The summed E-state index contributed by atoms with van der Waals surface area (Å²) in [5.41, 5.74) is 0.262. The molecule has 0 aromatic heterocycles. The van der Waals surface area contributed by atoms with Gasteiger partial charge in [-0.2, -0.15) is 0 Å². The predicted molar refractivity (Wildman–Crippen MR) is 57.7 cm³/mol. The van der Waals surface area contributed by atoms with Crippen molar-refractivity contribution in [3.8, 4) is 0 Å². The Morgan fingerprint density at radius 2 is 2.27 bits per heavy atom. The maximum atomic E-state index is 11.8. The number of ether oxygens (including phenoxy) is 1. The SMILES string of the molecule is CCOC(=O)[C@H]1CC(C)(C)[NH+]2CCC[C@H]12. The van der Waals surface area contributed by atoms with Gasteiger partial charge < -0.3 is 9.64 Å². The van der Waals surface area contributed by atoms with Crippen molar-refractivity contribution in [3.05, 3.63) is 0 Å². The largest absolute Gasteiger partial charge is 0.466 e. The number of rotatable bonds is 2. The number of hydrogen-bond donors (Lipinski definition) is 1. The molecule has 1 unspecified atom stereocenters. The summed E-state index contributed by atoms with van der Waals surface area (Å²) in [5.74, 6) is 0.185. The fourth-order valence-corrected chi connectivity index (χ4v) is 3.48. The van der Waals surface area contributed by atoms with Gasteiger partial charge in [-0.3, -0.25) is 4.79 Å². The molecular formula is C12H22NO2+. The molecule has 3 nitrogen and oxygen atoms in total. The van der Waals surface area contributed by atoms with Gasteiger partial charge in [0, 0.05) is 19.3 Å². The van der Waals surface area contributed by atoms with Crippen molar-refractivity contribution in [2.75, 3.05) is 13.2 Å². The number of carbonyl (C=O) groups is 1. The molecule has 2 fully saturated rings. The smallest absolute Gasteiger partial charge is 0.315 e. The lowest BCUT2D eigenvalue weighted by atomic mass is 9.92. The van der Waals surface area contributed by atoms with Crippen LogP contribution in [-0.4, -0.2) is 30.7 Å². The average molecular weight is 212 g/mol. The molecule has 2 saturated heterocycles. The van der Waals surface area contributed by atoms with Crippen LogP contribution >= 0.6 is 0 Å². The van der Waals surface area contributed by atoms with Crippen LogP contribution in [0.5, 0.6) is 0 Å². The Balaban J connectivity index is 2.11. The number of carbonyl (C=O) groups excluding carboxylic acids is 1. The fraction of sp³-hybridized carbons (Fsp3) is 0.917. The molecular weight excluding hydrogens is 190 g/mol. The first-order valence-corrected chi connectivity index (χ1v) is 6.09. The van der Waals surface area contributed by atoms with Gasteiger partial charge in [0.25, 0.3) is 0 Å². The van der Waals surface area contributed by atoms with E-state index in [1.807, 2.05) is 6.92 Å². The van der Waals surface area contributed by atoms with Gasteiger partial charge >= 0.3 is 5.97 Å². The van der Waals surface area contributed by atoms with Crippen molar-refractivity contribution in [3.63, 3.8) is 0 Å². The Morgan fingerprint density at radius 1 is 1.53 bits per heavy atom. The van der Waals surface area contributed by atoms with Crippen LogP contribution in [0.15, 0.2) is 0 Å². The Bertz CT molecular complexity index is 262. The first-order chi connectivity index (χ1) is 7.06. The summed E-state index contributed by atoms with van der Waals surface area (Å²) in [7, 11) is 0. The summed E-state index contributed by atoms with van der Waals surface area (Å²) in [5, 5.41) is 0. The predicted octanol–water partition coefficient (Wildman–Crippen LogP) is 0.395. The first kappa shape index (κ1) is 10.9. The van der Waals surface area contributed by atoms with E-state index >= 15 is 0 Å². The first-order valence-electron chi connectivity index (χ1n) is 6.09. The number of quaternary nitrogens is 1. The van der Waals surface area contributed by atoms with E-state index in [1.54, 1.807) is 4.90 Å². The minimum atomic E-state index is 0.0347.